The molecule has 0 aliphatic heterocycles. The Hall–Kier alpha value is -1.60. The van der Waals surface area contributed by atoms with Crippen LogP contribution in [-0.2, 0) is 12.1 Å². The van der Waals surface area contributed by atoms with Crippen molar-refractivity contribution < 1.29 is 0 Å². The molecule has 0 aliphatic rings. The van der Waals surface area contributed by atoms with Gasteiger partial charge in [-0.3, -0.25) is 0 Å². The van der Waals surface area contributed by atoms with Crippen LogP contribution >= 0.6 is 0 Å². The molecule has 0 atom stereocenters. The van der Waals surface area contributed by atoms with Gasteiger partial charge in [0.2, 0.25) is 0 Å². The van der Waals surface area contributed by atoms with Crippen molar-refractivity contribution in [2.24, 2.45) is 0 Å². The third-order valence-corrected chi connectivity index (χ3v) is 5.67. The Morgan fingerprint density at radius 2 is 1.18 bits per heavy atom. The van der Waals surface area contributed by atoms with Crippen molar-refractivity contribution in [3.05, 3.63) is 84.1 Å². The summed E-state index contributed by atoms with van der Waals surface area (Å²) >= 11 is 0. The highest BCUT2D eigenvalue weighted by molar-refractivity contribution is 6.63. The molecule has 0 spiro atoms. The molecule has 0 heterocycles. The van der Waals surface area contributed by atoms with Crippen molar-refractivity contribution >= 4 is 8.80 Å². The molecule has 2 rings (SSSR count). The fourth-order valence-corrected chi connectivity index (χ4v) is 4.31. The Bertz CT molecular complexity index is 406. The zero-order valence-electron chi connectivity index (χ0n) is 10.0. The fourth-order valence-electron chi connectivity index (χ4n) is 2.07. The van der Waals surface area contributed by atoms with Gasteiger partial charge in [0.05, 0.1) is 8.80 Å². The molecule has 0 saturated heterocycles. The van der Waals surface area contributed by atoms with E-state index in [2.05, 4.69) is 72.9 Å². The lowest BCUT2D eigenvalue weighted by atomic mass is 10.2. The zero-order valence-corrected chi connectivity index (χ0v) is 11.2. The van der Waals surface area contributed by atoms with Crippen molar-refractivity contribution in [1.82, 2.24) is 0 Å². The summed E-state index contributed by atoms with van der Waals surface area (Å²) in [7, 11) is -0.902. The molecule has 2 aromatic rings. The summed E-state index contributed by atoms with van der Waals surface area (Å²) in [6.45, 7) is 4.02. The van der Waals surface area contributed by atoms with Crippen LogP contribution in [0.4, 0.5) is 0 Å². The van der Waals surface area contributed by atoms with Gasteiger partial charge >= 0.3 is 0 Å². The predicted octanol–water partition coefficient (Wildman–Crippen LogP) is 3.50. The van der Waals surface area contributed by atoms with Crippen molar-refractivity contribution in [1.29, 1.82) is 0 Å². The first-order valence-electron chi connectivity index (χ1n) is 6.09. The summed E-state index contributed by atoms with van der Waals surface area (Å²) in [4.78, 5) is 0. The molecule has 1 heteroatoms. The van der Waals surface area contributed by atoms with Gasteiger partial charge in [0.15, 0.2) is 0 Å². The monoisotopic (exact) mass is 238 g/mol. The minimum Gasteiger partial charge on any atom is -0.107 e. The van der Waals surface area contributed by atoms with Gasteiger partial charge in [-0.05, 0) is 12.1 Å². The zero-order chi connectivity index (χ0) is 11.9. The SMILES string of the molecule is C=C[SiH](Cc1ccccc1)Cc1ccccc1. The average molecular weight is 238 g/mol. The van der Waals surface area contributed by atoms with E-state index in [-0.39, 0.29) is 0 Å². The molecule has 0 aliphatic carbocycles. The predicted molar refractivity (Wildman–Crippen MR) is 77.6 cm³/mol. The Kier molecular flexibility index (Phi) is 4.34. The lowest BCUT2D eigenvalue weighted by Crippen LogP contribution is -2.18. The molecule has 0 nitrogen and oxygen atoms in total. The van der Waals surface area contributed by atoms with Gasteiger partial charge in [-0.15, -0.1) is 12.3 Å². The maximum atomic E-state index is 4.02. The maximum absolute atomic E-state index is 4.02. The summed E-state index contributed by atoms with van der Waals surface area (Å²) in [6, 6.07) is 23.9. The van der Waals surface area contributed by atoms with Crippen molar-refractivity contribution in [2.45, 2.75) is 12.1 Å². The van der Waals surface area contributed by atoms with E-state index >= 15 is 0 Å². The van der Waals surface area contributed by atoms with E-state index in [4.69, 9.17) is 0 Å². The molecule has 86 valence electrons. The molecule has 0 fully saturated rings. The first-order chi connectivity index (χ1) is 8.38. The van der Waals surface area contributed by atoms with Crippen LogP contribution in [0.5, 0.6) is 0 Å². The van der Waals surface area contributed by atoms with Crippen LogP contribution < -0.4 is 0 Å². The Morgan fingerprint density at radius 1 is 0.765 bits per heavy atom. The molecule has 0 aromatic heterocycles. The second-order valence-corrected chi connectivity index (χ2v) is 7.18. The molecule has 0 unspecified atom stereocenters. The van der Waals surface area contributed by atoms with Crippen molar-refractivity contribution in [2.75, 3.05) is 0 Å². The van der Waals surface area contributed by atoms with Gasteiger partial charge in [-0.2, -0.15) is 0 Å². The summed E-state index contributed by atoms with van der Waals surface area (Å²) in [6.07, 6.45) is 0. The Labute approximate surface area is 105 Å². The highest BCUT2D eigenvalue weighted by Crippen LogP contribution is 2.08. The highest BCUT2D eigenvalue weighted by Gasteiger charge is 2.08. The van der Waals surface area contributed by atoms with E-state index in [0.717, 1.165) is 0 Å². The highest BCUT2D eigenvalue weighted by atomic mass is 28.3. The third kappa shape index (κ3) is 3.72. The second-order valence-electron chi connectivity index (χ2n) is 4.38. The summed E-state index contributed by atoms with van der Waals surface area (Å²) < 4.78 is 0. The minimum absolute atomic E-state index is 0.902. The second kappa shape index (κ2) is 6.21. The topological polar surface area (TPSA) is 0 Å². The number of hydrogen-bond acceptors (Lipinski definition) is 0. The van der Waals surface area contributed by atoms with Gasteiger partial charge in [0, 0.05) is 0 Å². The summed E-state index contributed by atoms with van der Waals surface area (Å²) in [5.41, 5.74) is 5.10. The van der Waals surface area contributed by atoms with Gasteiger partial charge in [-0.1, -0.05) is 71.8 Å². The van der Waals surface area contributed by atoms with E-state index < -0.39 is 8.80 Å². The summed E-state index contributed by atoms with van der Waals surface area (Å²) in [5, 5.41) is 0. The van der Waals surface area contributed by atoms with Crippen LogP contribution in [0, 0.1) is 0 Å². The van der Waals surface area contributed by atoms with Gasteiger partial charge in [0.25, 0.3) is 0 Å². The number of rotatable bonds is 5. The van der Waals surface area contributed by atoms with Gasteiger partial charge < -0.3 is 0 Å². The Balaban J connectivity index is 2.01. The van der Waals surface area contributed by atoms with Gasteiger partial charge in [0.1, 0.15) is 0 Å². The molecule has 0 amide bonds. The minimum atomic E-state index is -0.902. The molecular weight excluding hydrogens is 220 g/mol. The quantitative estimate of drug-likeness (QED) is 0.699. The van der Waals surface area contributed by atoms with Crippen LogP contribution in [0.15, 0.2) is 72.9 Å². The summed E-state index contributed by atoms with van der Waals surface area (Å²) in [5.74, 6) is 0. The average Bonchev–Trinajstić information content (AvgIpc) is 2.40. The first kappa shape index (κ1) is 11.9. The van der Waals surface area contributed by atoms with Crippen LogP contribution in [0.1, 0.15) is 11.1 Å². The fraction of sp³-hybridized carbons (Fsp3) is 0.125. The van der Waals surface area contributed by atoms with E-state index in [9.17, 15) is 0 Å². The molecule has 0 saturated carbocycles. The lowest BCUT2D eigenvalue weighted by Gasteiger charge is -2.11. The molecule has 2 aromatic carbocycles. The van der Waals surface area contributed by atoms with Crippen LogP contribution in [0.2, 0.25) is 0 Å². The van der Waals surface area contributed by atoms with E-state index in [1.807, 2.05) is 0 Å². The number of benzene rings is 2. The van der Waals surface area contributed by atoms with Crippen LogP contribution in [0.3, 0.4) is 0 Å². The number of hydrogen-bond donors (Lipinski definition) is 0. The van der Waals surface area contributed by atoms with E-state index in [1.165, 1.54) is 23.2 Å². The maximum Gasteiger partial charge on any atom is 0.0693 e. The normalized spacial score (nSPS) is 10.4. The largest absolute Gasteiger partial charge is 0.107 e. The van der Waals surface area contributed by atoms with Crippen molar-refractivity contribution in [3.8, 4) is 0 Å². The smallest absolute Gasteiger partial charge is 0.0693 e. The molecule has 0 bridgehead atoms. The van der Waals surface area contributed by atoms with Crippen LogP contribution in [0.25, 0.3) is 0 Å². The van der Waals surface area contributed by atoms with E-state index in [0.29, 0.717) is 0 Å². The molecule has 0 radical (unpaired) electrons. The molecule has 17 heavy (non-hydrogen) atoms. The Morgan fingerprint density at radius 3 is 1.53 bits per heavy atom. The molecular formula is C16H18Si. The van der Waals surface area contributed by atoms with Crippen LogP contribution in [-0.4, -0.2) is 8.80 Å². The lowest BCUT2D eigenvalue weighted by molar-refractivity contribution is 1.28. The third-order valence-electron chi connectivity index (χ3n) is 3.01. The first-order valence-corrected chi connectivity index (χ1v) is 8.39. The standard InChI is InChI=1S/C16H18Si/c1-2-17(13-15-9-5-3-6-10-15)14-16-11-7-4-8-12-16/h2-12,17H,1,13-14H2. The van der Waals surface area contributed by atoms with E-state index in [1.54, 1.807) is 0 Å². The van der Waals surface area contributed by atoms with Crippen molar-refractivity contribution in [3.63, 3.8) is 0 Å². The molecule has 0 N–H and O–H groups in total. The van der Waals surface area contributed by atoms with Gasteiger partial charge in [-0.25, -0.2) is 0 Å².